The lowest BCUT2D eigenvalue weighted by Crippen LogP contribution is -2.04. The van der Waals surface area contributed by atoms with Crippen molar-refractivity contribution in [2.24, 2.45) is 5.92 Å². The number of aromatic amines is 2. The normalized spacial score (nSPS) is 11.5. The lowest BCUT2D eigenvalue weighted by Gasteiger charge is -2.13. The highest BCUT2D eigenvalue weighted by atomic mass is 32.1. The van der Waals surface area contributed by atoms with E-state index in [1.807, 2.05) is 35.8 Å². The molecule has 6 heterocycles. The molecule has 3 N–H and O–H groups in total. The summed E-state index contributed by atoms with van der Waals surface area (Å²) in [7, 11) is 0. The van der Waals surface area contributed by atoms with E-state index in [9.17, 15) is 0 Å². The van der Waals surface area contributed by atoms with Crippen molar-refractivity contribution < 1.29 is 0 Å². The molecule has 35 heavy (non-hydrogen) atoms. The Morgan fingerprint density at radius 2 is 1.89 bits per heavy atom. The van der Waals surface area contributed by atoms with Crippen LogP contribution in [0.15, 0.2) is 72.8 Å². The Bertz CT molecular complexity index is 1680. The maximum Gasteiger partial charge on any atom is 0.161 e. The Morgan fingerprint density at radius 3 is 2.71 bits per heavy atom. The number of imidazole rings is 1. The fourth-order valence-electron chi connectivity index (χ4n) is 3.86. The molecule has 6 aromatic heterocycles. The molecule has 172 valence electrons. The average Bonchev–Trinajstić information content (AvgIpc) is 3.62. The molecule has 0 saturated carbocycles. The fraction of sp³-hybridized carbons (Fsp3) is 0.115. The molecule has 0 saturated heterocycles. The summed E-state index contributed by atoms with van der Waals surface area (Å²) >= 11 is 1.66. The van der Waals surface area contributed by atoms with E-state index >= 15 is 0 Å². The highest BCUT2D eigenvalue weighted by Gasteiger charge is 2.17. The van der Waals surface area contributed by atoms with Crippen LogP contribution in [0.25, 0.3) is 55.3 Å². The van der Waals surface area contributed by atoms with Crippen LogP contribution in [0.1, 0.15) is 13.8 Å². The van der Waals surface area contributed by atoms with E-state index in [1.54, 1.807) is 29.9 Å². The molecule has 0 spiro atoms. The van der Waals surface area contributed by atoms with E-state index in [0.29, 0.717) is 17.4 Å². The quantitative estimate of drug-likeness (QED) is 0.260. The molecule has 0 amide bonds. The molecule has 0 unspecified atom stereocenters. The number of anilines is 1. The summed E-state index contributed by atoms with van der Waals surface area (Å²) in [5.41, 5.74) is 8.43. The molecule has 8 nitrogen and oxygen atoms in total. The Hall–Kier alpha value is -4.37. The van der Waals surface area contributed by atoms with Gasteiger partial charge in [-0.2, -0.15) is 5.10 Å². The molecular weight excluding hydrogens is 456 g/mol. The van der Waals surface area contributed by atoms with Gasteiger partial charge >= 0.3 is 0 Å². The van der Waals surface area contributed by atoms with Crippen LogP contribution in [0.3, 0.4) is 0 Å². The third-order valence-corrected chi connectivity index (χ3v) is 6.75. The second-order valence-corrected chi connectivity index (χ2v) is 9.53. The van der Waals surface area contributed by atoms with Crippen molar-refractivity contribution >= 4 is 39.1 Å². The van der Waals surface area contributed by atoms with Crippen molar-refractivity contribution in [2.75, 3.05) is 5.32 Å². The minimum Gasteiger partial charge on any atom is -0.358 e. The van der Waals surface area contributed by atoms with Crippen LogP contribution in [-0.4, -0.2) is 35.1 Å². The van der Waals surface area contributed by atoms with Crippen molar-refractivity contribution in [1.82, 2.24) is 35.1 Å². The van der Waals surface area contributed by atoms with Crippen LogP contribution in [0.5, 0.6) is 0 Å². The molecule has 9 heteroatoms. The number of H-pyrrole nitrogens is 2. The van der Waals surface area contributed by atoms with Gasteiger partial charge in [-0.1, -0.05) is 26.5 Å². The number of nitrogens with zero attached hydrogens (tertiary/aromatic N) is 5. The second-order valence-electron chi connectivity index (χ2n) is 8.58. The lowest BCUT2D eigenvalue weighted by molar-refractivity contribution is 0.778. The van der Waals surface area contributed by atoms with Crippen molar-refractivity contribution in [3.63, 3.8) is 0 Å². The van der Waals surface area contributed by atoms with Crippen molar-refractivity contribution in [3.05, 3.63) is 72.8 Å². The smallest absolute Gasteiger partial charge is 0.161 e. The van der Waals surface area contributed by atoms with E-state index < -0.39 is 0 Å². The lowest BCUT2D eigenvalue weighted by atomic mass is 10.1. The SMILES string of the molecule is C=C(Nc1cncc(-c2ccc3[nH]nc(-c4nc5c(-c6cccs6)cncc5[nH]4)c3n2)c1)C(C)C. The van der Waals surface area contributed by atoms with Crippen molar-refractivity contribution in [1.29, 1.82) is 0 Å². The molecule has 6 rings (SSSR count). The van der Waals surface area contributed by atoms with Crippen LogP contribution >= 0.6 is 11.3 Å². The number of aromatic nitrogens is 7. The van der Waals surface area contributed by atoms with Gasteiger partial charge in [0.1, 0.15) is 11.0 Å². The zero-order chi connectivity index (χ0) is 23.9. The van der Waals surface area contributed by atoms with Gasteiger partial charge in [-0.15, -0.1) is 11.3 Å². The standard InChI is InChI=1S/C26H22N8S/c1-14(2)15(3)29-17-9-16(10-27-11-17)19-6-7-20-24(30-19)25(34-33-20)26-31-21-13-28-12-18(23(21)32-26)22-5-4-8-35-22/h4-14,29H,3H2,1-2H3,(H,31,32)(H,33,34). The predicted molar refractivity (Wildman–Crippen MR) is 141 cm³/mol. The molecule has 0 aromatic carbocycles. The van der Waals surface area contributed by atoms with Crippen LogP contribution in [-0.2, 0) is 0 Å². The number of fused-ring (bicyclic) bond motifs is 2. The molecule has 0 aliphatic heterocycles. The summed E-state index contributed by atoms with van der Waals surface area (Å²) in [5.74, 6) is 0.962. The first-order chi connectivity index (χ1) is 17.1. The first-order valence-electron chi connectivity index (χ1n) is 11.2. The minimum atomic E-state index is 0.320. The van der Waals surface area contributed by atoms with Gasteiger partial charge in [0.15, 0.2) is 11.5 Å². The Balaban J connectivity index is 1.41. The summed E-state index contributed by atoms with van der Waals surface area (Å²) < 4.78 is 0. The number of thiophene rings is 1. The van der Waals surface area contributed by atoms with Crippen molar-refractivity contribution in [3.8, 4) is 33.2 Å². The highest BCUT2D eigenvalue weighted by molar-refractivity contribution is 7.13. The van der Waals surface area contributed by atoms with E-state index in [2.05, 4.69) is 57.0 Å². The summed E-state index contributed by atoms with van der Waals surface area (Å²) in [4.78, 5) is 23.1. The third-order valence-electron chi connectivity index (χ3n) is 5.85. The largest absolute Gasteiger partial charge is 0.358 e. The second kappa shape index (κ2) is 8.44. The van der Waals surface area contributed by atoms with Gasteiger partial charge in [-0.05, 0) is 35.6 Å². The molecule has 0 bridgehead atoms. The number of hydrogen-bond acceptors (Lipinski definition) is 7. The molecule has 0 fully saturated rings. The van der Waals surface area contributed by atoms with Crippen LogP contribution in [0.2, 0.25) is 0 Å². The van der Waals surface area contributed by atoms with E-state index in [1.165, 1.54) is 0 Å². The molecule has 0 atom stereocenters. The number of hydrogen-bond donors (Lipinski definition) is 3. The number of rotatable bonds is 6. The first kappa shape index (κ1) is 21.2. The Kier molecular flexibility index (Phi) is 5.11. The fourth-order valence-corrected chi connectivity index (χ4v) is 4.60. The van der Waals surface area contributed by atoms with Gasteiger partial charge in [0.2, 0.25) is 0 Å². The van der Waals surface area contributed by atoms with Crippen molar-refractivity contribution in [2.45, 2.75) is 13.8 Å². The number of allylic oxidation sites excluding steroid dienone is 1. The predicted octanol–water partition coefficient (Wildman–Crippen LogP) is 6.27. The number of nitrogens with one attached hydrogen (secondary N) is 3. The minimum absolute atomic E-state index is 0.320. The third kappa shape index (κ3) is 3.85. The van der Waals surface area contributed by atoms with Crippen LogP contribution in [0, 0.1) is 5.92 Å². The van der Waals surface area contributed by atoms with E-state index in [-0.39, 0.29) is 0 Å². The topological polar surface area (TPSA) is 108 Å². The summed E-state index contributed by atoms with van der Waals surface area (Å²) in [6.45, 7) is 8.28. The van der Waals surface area contributed by atoms with Crippen LogP contribution in [0.4, 0.5) is 5.69 Å². The molecular formula is C26H22N8S. The maximum absolute atomic E-state index is 4.92. The Labute approximate surface area is 205 Å². The van der Waals surface area contributed by atoms with Gasteiger partial charge in [0.05, 0.1) is 34.8 Å². The maximum atomic E-state index is 4.92. The highest BCUT2D eigenvalue weighted by Crippen LogP contribution is 2.33. The van der Waals surface area contributed by atoms with E-state index in [0.717, 1.165) is 55.1 Å². The van der Waals surface area contributed by atoms with Gasteiger partial charge < -0.3 is 10.3 Å². The zero-order valence-electron chi connectivity index (χ0n) is 19.2. The molecule has 0 radical (unpaired) electrons. The molecule has 0 aliphatic carbocycles. The summed E-state index contributed by atoms with van der Waals surface area (Å²) in [6, 6.07) is 10.1. The first-order valence-corrected chi connectivity index (χ1v) is 12.1. The average molecular weight is 479 g/mol. The van der Waals surface area contributed by atoms with Gasteiger partial charge in [0.25, 0.3) is 0 Å². The molecule has 0 aliphatic rings. The van der Waals surface area contributed by atoms with Gasteiger partial charge in [-0.3, -0.25) is 15.1 Å². The van der Waals surface area contributed by atoms with Crippen LogP contribution < -0.4 is 5.32 Å². The van der Waals surface area contributed by atoms with Gasteiger partial charge in [-0.25, -0.2) is 9.97 Å². The number of pyridine rings is 3. The van der Waals surface area contributed by atoms with Gasteiger partial charge in [0, 0.05) is 34.1 Å². The Morgan fingerprint density at radius 1 is 1.00 bits per heavy atom. The summed E-state index contributed by atoms with van der Waals surface area (Å²) in [6.07, 6.45) is 7.22. The molecule has 6 aromatic rings. The zero-order valence-corrected chi connectivity index (χ0v) is 20.0. The summed E-state index contributed by atoms with van der Waals surface area (Å²) in [5, 5.41) is 13.0. The monoisotopic (exact) mass is 478 g/mol. The van der Waals surface area contributed by atoms with E-state index in [4.69, 9.17) is 9.97 Å².